The lowest BCUT2D eigenvalue weighted by molar-refractivity contribution is 1.03. The van der Waals surface area contributed by atoms with E-state index in [-0.39, 0.29) is 0 Å². The van der Waals surface area contributed by atoms with Crippen molar-refractivity contribution in [3.8, 4) is 11.3 Å². The molecule has 0 aliphatic rings. The Hall–Kier alpha value is -2.14. The van der Waals surface area contributed by atoms with E-state index in [4.69, 9.17) is 11.6 Å². The number of benzene rings is 1. The van der Waals surface area contributed by atoms with Crippen molar-refractivity contribution in [1.29, 1.82) is 0 Å². The minimum Gasteiger partial charge on any atom is -0.399 e. The smallest absolute Gasteiger partial charge is 0.162 e. The second kappa shape index (κ2) is 3.93. The highest BCUT2D eigenvalue weighted by atomic mass is 15.3. The molecule has 76 valence electrons. The molecule has 1 aromatic carbocycles. The fraction of sp³-hybridized carbons (Fsp3) is 0. The number of nitrogens with two attached hydrogens (primary N) is 2. The van der Waals surface area contributed by atoms with Gasteiger partial charge >= 0.3 is 0 Å². The molecular formula is C10H11N5. The van der Waals surface area contributed by atoms with E-state index in [9.17, 15) is 0 Å². The van der Waals surface area contributed by atoms with Crippen molar-refractivity contribution in [1.82, 2.24) is 10.2 Å². The summed E-state index contributed by atoms with van der Waals surface area (Å²) in [5.41, 5.74) is 10.5. The van der Waals surface area contributed by atoms with Gasteiger partial charge in [-0.05, 0) is 24.3 Å². The zero-order chi connectivity index (χ0) is 10.7. The molecule has 0 amide bonds. The molecule has 0 saturated carbocycles. The molecule has 0 atom stereocenters. The van der Waals surface area contributed by atoms with Crippen molar-refractivity contribution < 1.29 is 0 Å². The molecule has 5 heteroatoms. The van der Waals surface area contributed by atoms with Gasteiger partial charge in [-0.2, -0.15) is 0 Å². The Morgan fingerprint density at radius 2 is 1.93 bits per heavy atom. The lowest BCUT2D eigenvalue weighted by Gasteiger charge is -2.02. The molecule has 0 spiro atoms. The molecular weight excluding hydrogens is 190 g/mol. The molecule has 1 aromatic heterocycles. The second-order valence-corrected chi connectivity index (χ2v) is 3.07. The van der Waals surface area contributed by atoms with Crippen LogP contribution in [0.15, 0.2) is 36.4 Å². The first-order valence-corrected chi connectivity index (χ1v) is 4.46. The molecule has 0 saturated heterocycles. The van der Waals surface area contributed by atoms with Crippen LogP contribution < -0.4 is 17.0 Å². The lowest BCUT2D eigenvalue weighted by atomic mass is 10.1. The normalized spacial score (nSPS) is 9.93. The summed E-state index contributed by atoms with van der Waals surface area (Å²) in [4.78, 5) is 0. The Balaban J connectivity index is 2.37. The molecule has 0 unspecified atom stereocenters. The largest absolute Gasteiger partial charge is 0.399 e. The van der Waals surface area contributed by atoms with Gasteiger partial charge in [-0.15, -0.1) is 10.2 Å². The number of hydrogen-bond acceptors (Lipinski definition) is 5. The fourth-order valence-corrected chi connectivity index (χ4v) is 1.26. The van der Waals surface area contributed by atoms with E-state index in [1.54, 1.807) is 6.07 Å². The summed E-state index contributed by atoms with van der Waals surface area (Å²) in [6.45, 7) is 0. The standard InChI is InChI=1S/C10H11N5/c11-8-3-1-2-7(6-8)9-4-5-10(13-12)15-14-9/h1-6H,11-12H2,(H,13,15). The van der Waals surface area contributed by atoms with Gasteiger partial charge in [0.1, 0.15) is 0 Å². The summed E-state index contributed by atoms with van der Waals surface area (Å²) >= 11 is 0. The maximum atomic E-state index is 5.67. The Labute approximate surface area is 87.1 Å². The maximum Gasteiger partial charge on any atom is 0.162 e. The molecule has 2 aromatic rings. The van der Waals surface area contributed by atoms with Gasteiger partial charge < -0.3 is 11.2 Å². The van der Waals surface area contributed by atoms with E-state index >= 15 is 0 Å². The molecule has 0 aliphatic heterocycles. The van der Waals surface area contributed by atoms with Gasteiger partial charge in [-0.1, -0.05) is 12.1 Å². The molecule has 15 heavy (non-hydrogen) atoms. The first-order chi connectivity index (χ1) is 7.29. The third kappa shape index (κ3) is 2.03. The van der Waals surface area contributed by atoms with Gasteiger partial charge in [0, 0.05) is 11.3 Å². The molecule has 2 rings (SSSR count). The van der Waals surface area contributed by atoms with Gasteiger partial charge in [0.05, 0.1) is 5.69 Å². The van der Waals surface area contributed by atoms with E-state index in [0.29, 0.717) is 11.5 Å². The van der Waals surface area contributed by atoms with Crippen LogP contribution in [0.4, 0.5) is 11.5 Å². The molecule has 5 nitrogen and oxygen atoms in total. The minimum absolute atomic E-state index is 0.530. The van der Waals surface area contributed by atoms with Crippen LogP contribution in [0, 0.1) is 0 Å². The number of anilines is 2. The third-order valence-electron chi connectivity index (χ3n) is 1.99. The summed E-state index contributed by atoms with van der Waals surface area (Å²) in [5.74, 6) is 5.72. The van der Waals surface area contributed by atoms with Crippen LogP contribution in [0.5, 0.6) is 0 Å². The second-order valence-electron chi connectivity index (χ2n) is 3.07. The van der Waals surface area contributed by atoms with Crippen LogP contribution in [0.3, 0.4) is 0 Å². The number of aromatic nitrogens is 2. The number of rotatable bonds is 2. The first-order valence-electron chi connectivity index (χ1n) is 4.46. The van der Waals surface area contributed by atoms with E-state index in [1.165, 1.54) is 0 Å². The number of nitrogens with one attached hydrogen (secondary N) is 1. The third-order valence-corrected chi connectivity index (χ3v) is 1.99. The number of nitrogen functional groups attached to an aromatic ring is 2. The lowest BCUT2D eigenvalue weighted by Crippen LogP contribution is -2.08. The Morgan fingerprint density at radius 3 is 2.53 bits per heavy atom. The predicted octanol–water partition coefficient (Wildman–Crippen LogP) is 1.01. The van der Waals surface area contributed by atoms with Gasteiger partial charge in [0.2, 0.25) is 0 Å². The Morgan fingerprint density at radius 1 is 1.07 bits per heavy atom. The molecule has 1 heterocycles. The Bertz CT molecular complexity index is 452. The van der Waals surface area contributed by atoms with Gasteiger partial charge in [-0.3, -0.25) is 0 Å². The fourth-order valence-electron chi connectivity index (χ4n) is 1.26. The van der Waals surface area contributed by atoms with Crippen LogP contribution in [0.25, 0.3) is 11.3 Å². The van der Waals surface area contributed by atoms with Crippen molar-refractivity contribution in [2.24, 2.45) is 5.84 Å². The van der Waals surface area contributed by atoms with Crippen LogP contribution in [-0.4, -0.2) is 10.2 Å². The van der Waals surface area contributed by atoms with E-state index in [1.807, 2.05) is 30.3 Å². The molecule has 0 fully saturated rings. The molecule has 5 N–H and O–H groups in total. The molecule has 0 radical (unpaired) electrons. The predicted molar refractivity (Wildman–Crippen MR) is 59.7 cm³/mol. The number of hydrogen-bond donors (Lipinski definition) is 3. The minimum atomic E-state index is 0.530. The number of nitrogens with zero attached hydrogens (tertiary/aromatic N) is 2. The van der Waals surface area contributed by atoms with E-state index in [2.05, 4.69) is 15.6 Å². The van der Waals surface area contributed by atoms with Crippen LogP contribution >= 0.6 is 0 Å². The van der Waals surface area contributed by atoms with Gasteiger partial charge in [0.25, 0.3) is 0 Å². The zero-order valence-corrected chi connectivity index (χ0v) is 8.01. The first kappa shape index (κ1) is 9.42. The highest BCUT2D eigenvalue weighted by Gasteiger charge is 2.00. The van der Waals surface area contributed by atoms with Crippen LogP contribution in [0.2, 0.25) is 0 Å². The highest BCUT2D eigenvalue weighted by molar-refractivity contribution is 5.64. The quantitative estimate of drug-likeness (QED) is 0.383. The van der Waals surface area contributed by atoms with E-state index in [0.717, 1.165) is 11.3 Å². The van der Waals surface area contributed by atoms with Crippen molar-refractivity contribution in [2.45, 2.75) is 0 Å². The van der Waals surface area contributed by atoms with Crippen molar-refractivity contribution in [3.05, 3.63) is 36.4 Å². The summed E-state index contributed by atoms with van der Waals surface area (Å²) < 4.78 is 0. The van der Waals surface area contributed by atoms with Crippen molar-refractivity contribution in [3.63, 3.8) is 0 Å². The average Bonchev–Trinajstić information content (AvgIpc) is 2.29. The maximum absolute atomic E-state index is 5.67. The van der Waals surface area contributed by atoms with Crippen molar-refractivity contribution >= 4 is 11.5 Å². The summed E-state index contributed by atoms with van der Waals surface area (Å²) in [6.07, 6.45) is 0. The highest BCUT2D eigenvalue weighted by Crippen LogP contribution is 2.18. The SMILES string of the molecule is NNc1ccc(-c2cccc(N)c2)nn1. The monoisotopic (exact) mass is 201 g/mol. The topological polar surface area (TPSA) is 89.8 Å². The van der Waals surface area contributed by atoms with E-state index < -0.39 is 0 Å². The molecule has 0 bridgehead atoms. The summed E-state index contributed by atoms with van der Waals surface area (Å²) in [7, 11) is 0. The van der Waals surface area contributed by atoms with Crippen LogP contribution in [-0.2, 0) is 0 Å². The zero-order valence-electron chi connectivity index (χ0n) is 8.01. The van der Waals surface area contributed by atoms with Gasteiger partial charge in [0.15, 0.2) is 5.82 Å². The van der Waals surface area contributed by atoms with Crippen LogP contribution in [0.1, 0.15) is 0 Å². The Kier molecular flexibility index (Phi) is 2.47. The number of hydrazine groups is 1. The van der Waals surface area contributed by atoms with Gasteiger partial charge in [-0.25, -0.2) is 5.84 Å². The average molecular weight is 201 g/mol. The molecule has 0 aliphatic carbocycles. The van der Waals surface area contributed by atoms with Crippen molar-refractivity contribution in [2.75, 3.05) is 11.2 Å². The summed E-state index contributed by atoms with van der Waals surface area (Å²) in [6, 6.07) is 11.1. The summed E-state index contributed by atoms with van der Waals surface area (Å²) in [5, 5.41) is 7.89.